The number of hydrogen-bond donors (Lipinski definition) is 2. The van der Waals surface area contributed by atoms with Crippen LogP contribution >= 0.6 is 11.8 Å². The zero-order chi connectivity index (χ0) is 18.3. The van der Waals surface area contributed by atoms with Crippen molar-refractivity contribution in [2.24, 2.45) is 0 Å². The van der Waals surface area contributed by atoms with Crippen LogP contribution in [0.15, 0.2) is 0 Å². The van der Waals surface area contributed by atoms with Crippen LogP contribution in [-0.2, 0) is 19.1 Å². The fraction of sp³-hybridized carbons (Fsp3) is 0.769. The van der Waals surface area contributed by atoms with Crippen LogP contribution in [0.2, 0.25) is 0 Å². The first-order valence-corrected chi connectivity index (χ1v) is 8.12. The molecule has 0 aromatic carbocycles. The standard InChI is InChI=1S/C13H21F3N2O4S/c1-12(2,3)22-9(19)7-17-10(20)8(5-6-23-4)18-11(21)13(14,15)16/h8H,5-7H2,1-4H3,(H,17,20)(H,18,21)/t8-/m0/s1. The zero-order valence-electron chi connectivity index (χ0n) is 13.4. The number of rotatable bonds is 7. The van der Waals surface area contributed by atoms with Gasteiger partial charge in [-0.1, -0.05) is 0 Å². The van der Waals surface area contributed by atoms with Crippen molar-refractivity contribution < 1.29 is 32.3 Å². The highest BCUT2D eigenvalue weighted by Crippen LogP contribution is 2.15. The molecule has 0 aromatic rings. The van der Waals surface area contributed by atoms with Crippen LogP contribution in [0.5, 0.6) is 0 Å². The number of carbonyl (C=O) groups is 3. The lowest BCUT2D eigenvalue weighted by molar-refractivity contribution is -0.174. The van der Waals surface area contributed by atoms with Gasteiger partial charge in [-0.15, -0.1) is 0 Å². The maximum atomic E-state index is 12.3. The highest BCUT2D eigenvalue weighted by Gasteiger charge is 2.40. The molecule has 0 radical (unpaired) electrons. The molecule has 10 heteroatoms. The number of hydrogen-bond acceptors (Lipinski definition) is 5. The van der Waals surface area contributed by atoms with Crippen LogP contribution in [0.3, 0.4) is 0 Å². The topological polar surface area (TPSA) is 84.5 Å². The summed E-state index contributed by atoms with van der Waals surface area (Å²) in [7, 11) is 0. The highest BCUT2D eigenvalue weighted by molar-refractivity contribution is 7.98. The minimum Gasteiger partial charge on any atom is -0.459 e. The molecule has 0 saturated heterocycles. The Balaban J connectivity index is 4.63. The molecule has 0 bridgehead atoms. The molecule has 134 valence electrons. The molecular formula is C13H21F3N2O4S. The molecule has 23 heavy (non-hydrogen) atoms. The minimum atomic E-state index is -5.08. The van der Waals surface area contributed by atoms with Crippen LogP contribution in [0.25, 0.3) is 0 Å². The van der Waals surface area contributed by atoms with Crippen LogP contribution in [0.1, 0.15) is 27.2 Å². The summed E-state index contributed by atoms with van der Waals surface area (Å²) in [6.07, 6.45) is -3.37. The Labute approximate surface area is 136 Å². The summed E-state index contributed by atoms with van der Waals surface area (Å²) in [5.74, 6) is -3.43. The Hall–Kier alpha value is -1.45. The van der Waals surface area contributed by atoms with Gasteiger partial charge in [-0.3, -0.25) is 14.4 Å². The molecule has 1 atom stereocenters. The SMILES string of the molecule is CSCC[C@H](NC(=O)C(F)(F)F)C(=O)NCC(=O)OC(C)(C)C. The van der Waals surface area contributed by atoms with Crippen molar-refractivity contribution in [3.63, 3.8) is 0 Å². The van der Waals surface area contributed by atoms with Crippen molar-refractivity contribution in [3.8, 4) is 0 Å². The summed E-state index contributed by atoms with van der Waals surface area (Å²) >= 11 is 1.31. The van der Waals surface area contributed by atoms with E-state index in [9.17, 15) is 27.6 Å². The maximum Gasteiger partial charge on any atom is 0.471 e. The van der Waals surface area contributed by atoms with E-state index in [1.165, 1.54) is 11.8 Å². The Morgan fingerprint density at radius 3 is 2.17 bits per heavy atom. The third-order valence-electron chi connectivity index (χ3n) is 2.32. The summed E-state index contributed by atoms with van der Waals surface area (Å²) in [6.45, 7) is 4.42. The first-order valence-electron chi connectivity index (χ1n) is 6.73. The van der Waals surface area contributed by atoms with E-state index in [2.05, 4.69) is 5.32 Å². The molecule has 0 aliphatic carbocycles. The number of thioether (sulfide) groups is 1. The van der Waals surface area contributed by atoms with Gasteiger partial charge >= 0.3 is 18.1 Å². The Morgan fingerprint density at radius 2 is 1.74 bits per heavy atom. The van der Waals surface area contributed by atoms with E-state index in [4.69, 9.17) is 4.74 Å². The Bertz CT molecular complexity index is 436. The lowest BCUT2D eigenvalue weighted by Gasteiger charge is -2.21. The second kappa shape index (κ2) is 8.99. The van der Waals surface area contributed by atoms with Crippen molar-refractivity contribution in [2.75, 3.05) is 18.6 Å². The molecule has 0 fully saturated rings. The van der Waals surface area contributed by atoms with Crippen LogP contribution in [0.4, 0.5) is 13.2 Å². The monoisotopic (exact) mass is 358 g/mol. The van der Waals surface area contributed by atoms with Crippen molar-refractivity contribution >= 4 is 29.5 Å². The van der Waals surface area contributed by atoms with Crippen LogP contribution < -0.4 is 10.6 Å². The predicted octanol–water partition coefficient (Wildman–Crippen LogP) is 1.24. The molecule has 2 amide bonds. The summed E-state index contributed by atoms with van der Waals surface area (Å²) < 4.78 is 41.8. The van der Waals surface area contributed by atoms with Gasteiger partial charge in [-0.25, -0.2) is 0 Å². The van der Waals surface area contributed by atoms with E-state index >= 15 is 0 Å². The number of carbonyl (C=O) groups excluding carboxylic acids is 3. The van der Waals surface area contributed by atoms with E-state index in [0.717, 1.165) is 0 Å². The Morgan fingerprint density at radius 1 is 1.17 bits per heavy atom. The van der Waals surface area contributed by atoms with E-state index in [0.29, 0.717) is 5.75 Å². The van der Waals surface area contributed by atoms with Gasteiger partial charge in [0, 0.05) is 0 Å². The number of alkyl halides is 3. The van der Waals surface area contributed by atoms with Crippen molar-refractivity contribution in [1.82, 2.24) is 10.6 Å². The molecule has 0 spiro atoms. The summed E-state index contributed by atoms with van der Waals surface area (Å²) in [6, 6.07) is -1.38. The Kier molecular flexibility index (Phi) is 8.43. The van der Waals surface area contributed by atoms with Crippen molar-refractivity contribution in [3.05, 3.63) is 0 Å². The quantitative estimate of drug-likeness (QED) is 0.669. The molecule has 0 rings (SSSR count). The van der Waals surface area contributed by atoms with Crippen molar-refractivity contribution in [1.29, 1.82) is 0 Å². The second-order valence-electron chi connectivity index (χ2n) is 5.61. The second-order valence-corrected chi connectivity index (χ2v) is 6.60. The smallest absolute Gasteiger partial charge is 0.459 e. The lowest BCUT2D eigenvalue weighted by atomic mass is 10.2. The van der Waals surface area contributed by atoms with Gasteiger partial charge in [0.05, 0.1) is 0 Å². The largest absolute Gasteiger partial charge is 0.471 e. The normalized spacial score (nSPS) is 13.2. The fourth-order valence-corrected chi connectivity index (χ4v) is 1.88. The van der Waals surface area contributed by atoms with E-state index in [1.54, 1.807) is 32.3 Å². The number of halogens is 3. The van der Waals surface area contributed by atoms with Gasteiger partial charge in [0.15, 0.2) is 0 Å². The summed E-state index contributed by atoms with van der Waals surface area (Å²) in [5, 5.41) is 3.79. The number of ether oxygens (including phenoxy) is 1. The summed E-state index contributed by atoms with van der Waals surface area (Å²) in [4.78, 5) is 34.3. The third kappa shape index (κ3) is 10.0. The highest BCUT2D eigenvalue weighted by atomic mass is 32.2. The predicted molar refractivity (Wildman–Crippen MR) is 79.8 cm³/mol. The average molecular weight is 358 g/mol. The first-order chi connectivity index (χ1) is 10.4. The zero-order valence-corrected chi connectivity index (χ0v) is 14.2. The molecule has 0 aliphatic rings. The molecule has 0 saturated carbocycles. The van der Waals surface area contributed by atoms with Crippen LogP contribution in [0, 0.1) is 0 Å². The third-order valence-corrected chi connectivity index (χ3v) is 2.96. The molecule has 0 aliphatic heterocycles. The number of nitrogens with one attached hydrogen (secondary N) is 2. The molecule has 2 N–H and O–H groups in total. The molecular weight excluding hydrogens is 337 g/mol. The van der Waals surface area contributed by atoms with E-state index in [-0.39, 0.29) is 6.42 Å². The summed E-state index contributed by atoms with van der Waals surface area (Å²) in [5.41, 5.74) is -0.745. The average Bonchev–Trinajstić information content (AvgIpc) is 2.37. The minimum absolute atomic E-state index is 0.00311. The molecule has 0 heterocycles. The van der Waals surface area contributed by atoms with Gasteiger partial charge in [-0.05, 0) is 39.2 Å². The molecule has 6 nitrogen and oxygen atoms in total. The van der Waals surface area contributed by atoms with Gasteiger partial charge in [0.2, 0.25) is 5.91 Å². The number of esters is 1. The molecule has 0 aromatic heterocycles. The first kappa shape index (κ1) is 21.6. The maximum absolute atomic E-state index is 12.3. The lowest BCUT2D eigenvalue weighted by Crippen LogP contribution is -2.51. The van der Waals surface area contributed by atoms with E-state index in [1.807, 2.05) is 0 Å². The van der Waals surface area contributed by atoms with Gasteiger partial charge in [0.1, 0.15) is 18.2 Å². The number of amides is 2. The van der Waals surface area contributed by atoms with Crippen molar-refractivity contribution in [2.45, 2.75) is 45.0 Å². The van der Waals surface area contributed by atoms with Crippen LogP contribution in [-0.4, -0.2) is 54.2 Å². The van der Waals surface area contributed by atoms with Gasteiger partial charge in [-0.2, -0.15) is 24.9 Å². The fourth-order valence-electron chi connectivity index (χ4n) is 1.40. The molecule has 0 unspecified atom stereocenters. The van der Waals surface area contributed by atoms with Gasteiger partial charge < -0.3 is 15.4 Å². The van der Waals surface area contributed by atoms with E-state index < -0.39 is 42.1 Å². The van der Waals surface area contributed by atoms with Gasteiger partial charge in [0.25, 0.3) is 0 Å².